The third kappa shape index (κ3) is 9.81. The number of carbonyl (C=O) groups excluding carboxylic acids is 1. The maximum absolute atomic E-state index is 12.1. The monoisotopic (exact) mass is 384 g/mol. The second-order valence-electron chi connectivity index (χ2n) is 6.53. The van der Waals surface area contributed by atoms with Crippen LogP contribution in [-0.2, 0) is 0 Å². The molecule has 0 aliphatic rings. The van der Waals surface area contributed by atoms with Crippen LogP contribution >= 0.6 is 0 Å². The van der Waals surface area contributed by atoms with Crippen LogP contribution in [-0.4, -0.2) is 21.1 Å². The van der Waals surface area contributed by atoms with E-state index < -0.39 is 0 Å². The summed E-state index contributed by atoms with van der Waals surface area (Å²) in [6, 6.07) is 2.12. The number of carbonyl (C=O) groups is 1. The molecule has 0 saturated carbocycles. The molecule has 0 aromatic heterocycles. The molecule has 28 heavy (non-hydrogen) atoms. The van der Waals surface area contributed by atoms with Crippen LogP contribution in [0.2, 0.25) is 0 Å². The number of allylic oxidation sites excluding steroid dienone is 8. The molecule has 152 valence electrons. The molecular formula is C24H32O4. The van der Waals surface area contributed by atoms with Gasteiger partial charge in [0.2, 0.25) is 0 Å². The number of phenols is 3. The third-order valence-corrected chi connectivity index (χ3v) is 4.10. The van der Waals surface area contributed by atoms with Crippen molar-refractivity contribution in [1.29, 1.82) is 0 Å². The summed E-state index contributed by atoms with van der Waals surface area (Å²) in [5.41, 5.74) is -0.117. The van der Waals surface area contributed by atoms with Gasteiger partial charge in [-0.3, -0.25) is 4.79 Å². The van der Waals surface area contributed by atoms with Crippen molar-refractivity contribution >= 4 is 5.78 Å². The highest BCUT2D eigenvalue weighted by Gasteiger charge is 2.17. The summed E-state index contributed by atoms with van der Waals surface area (Å²) in [4.78, 5) is 12.1. The molecule has 1 rings (SSSR count). The lowest BCUT2D eigenvalue weighted by Gasteiger charge is -2.06. The number of rotatable bonds is 13. The van der Waals surface area contributed by atoms with Gasteiger partial charge in [-0.25, -0.2) is 0 Å². The summed E-state index contributed by atoms with van der Waals surface area (Å²) < 4.78 is 0. The Kier molecular flexibility index (Phi) is 11.9. The van der Waals surface area contributed by atoms with E-state index in [9.17, 15) is 20.1 Å². The lowest BCUT2D eigenvalue weighted by molar-refractivity contribution is 0.0974. The van der Waals surface area contributed by atoms with E-state index in [1.807, 2.05) is 0 Å². The fourth-order valence-corrected chi connectivity index (χ4v) is 2.65. The quantitative estimate of drug-likeness (QED) is 0.210. The molecule has 0 saturated heterocycles. The lowest BCUT2D eigenvalue weighted by Crippen LogP contribution is -2.00. The summed E-state index contributed by atoms with van der Waals surface area (Å²) in [6.45, 7) is 2.13. The molecule has 1 aromatic carbocycles. The number of unbranched alkanes of at least 4 members (excludes halogenated alkanes) is 2. The van der Waals surface area contributed by atoms with E-state index >= 15 is 0 Å². The number of hydrogen-bond donors (Lipinski definition) is 3. The molecule has 0 bridgehead atoms. The maximum Gasteiger partial charge on any atom is 0.170 e. The summed E-state index contributed by atoms with van der Waals surface area (Å²) in [7, 11) is 0. The van der Waals surface area contributed by atoms with Crippen LogP contribution in [0, 0.1) is 0 Å². The first kappa shape index (κ1) is 23.3. The number of ketones is 1. The Morgan fingerprint density at radius 3 is 1.82 bits per heavy atom. The van der Waals surface area contributed by atoms with Crippen LogP contribution in [0.5, 0.6) is 17.2 Å². The zero-order valence-electron chi connectivity index (χ0n) is 16.7. The van der Waals surface area contributed by atoms with E-state index in [4.69, 9.17) is 0 Å². The molecular weight excluding hydrogens is 352 g/mol. The smallest absolute Gasteiger partial charge is 0.170 e. The lowest BCUT2D eigenvalue weighted by atomic mass is 10.0. The van der Waals surface area contributed by atoms with E-state index in [1.165, 1.54) is 0 Å². The second kappa shape index (κ2) is 14.3. The van der Waals surface area contributed by atoms with Crippen molar-refractivity contribution in [1.82, 2.24) is 0 Å². The van der Waals surface area contributed by atoms with Crippen molar-refractivity contribution in [2.45, 2.75) is 58.3 Å². The Bertz CT molecular complexity index is 688. The minimum Gasteiger partial charge on any atom is -0.508 e. The number of aromatic hydroxyl groups is 3. The second-order valence-corrected chi connectivity index (χ2v) is 6.53. The Hall–Kier alpha value is -2.75. The zero-order valence-corrected chi connectivity index (χ0v) is 16.7. The topological polar surface area (TPSA) is 77.8 Å². The minimum atomic E-state index is -0.388. The van der Waals surface area contributed by atoms with Gasteiger partial charge in [-0.1, -0.05) is 55.5 Å². The molecule has 0 fully saturated rings. The van der Waals surface area contributed by atoms with Gasteiger partial charge in [0.15, 0.2) is 5.78 Å². The first-order chi connectivity index (χ1) is 13.6. The fraction of sp³-hybridized carbons (Fsp3) is 0.375. The average Bonchev–Trinajstić information content (AvgIpc) is 2.64. The summed E-state index contributed by atoms with van der Waals surface area (Å²) >= 11 is 0. The highest BCUT2D eigenvalue weighted by molar-refractivity contribution is 6.01. The van der Waals surface area contributed by atoms with Gasteiger partial charge in [-0.15, -0.1) is 0 Å². The van der Waals surface area contributed by atoms with Crippen molar-refractivity contribution in [3.05, 3.63) is 66.3 Å². The summed E-state index contributed by atoms with van der Waals surface area (Å²) in [5, 5.41) is 28.7. The highest BCUT2D eigenvalue weighted by atomic mass is 16.3. The van der Waals surface area contributed by atoms with Gasteiger partial charge < -0.3 is 15.3 Å². The first-order valence-electron chi connectivity index (χ1n) is 9.94. The first-order valence-corrected chi connectivity index (χ1v) is 9.94. The van der Waals surface area contributed by atoms with Gasteiger partial charge in [0.05, 0.1) is 0 Å². The number of Topliss-reactive ketones (excluding diaryl/α,β-unsaturated/α-hetero) is 1. The molecule has 0 radical (unpaired) electrons. The average molecular weight is 385 g/mol. The molecule has 0 spiro atoms. The van der Waals surface area contributed by atoms with Crippen molar-refractivity contribution in [3.8, 4) is 17.2 Å². The van der Waals surface area contributed by atoms with Crippen LogP contribution in [0.15, 0.2) is 60.7 Å². The van der Waals surface area contributed by atoms with E-state index in [-0.39, 0.29) is 35.0 Å². The molecule has 0 heterocycles. The number of hydrogen-bond acceptors (Lipinski definition) is 4. The van der Waals surface area contributed by atoms with Crippen LogP contribution in [0.1, 0.15) is 68.6 Å². The molecule has 0 unspecified atom stereocenters. The fourth-order valence-electron chi connectivity index (χ4n) is 2.65. The predicted molar refractivity (Wildman–Crippen MR) is 115 cm³/mol. The Labute approximate surface area is 168 Å². The minimum absolute atomic E-state index is 0.117. The van der Waals surface area contributed by atoms with Gasteiger partial charge >= 0.3 is 0 Å². The molecule has 0 aliphatic carbocycles. The van der Waals surface area contributed by atoms with Crippen LogP contribution in [0.4, 0.5) is 0 Å². The number of benzene rings is 1. The largest absolute Gasteiger partial charge is 0.508 e. The van der Waals surface area contributed by atoms with Crippen molar-refractivity contribution in [3.63, 3.8) is 0 Å². The van der Waals surface area contributed by atoms with Crippen molar-refractivity contribution in [2.24, 2.45) is 0 Å². The highest BCUT2D eigenvalue weighted by Crippen LogP contribution is 2.33. The molecule has 4 nitrogen and oxygen atoms in total. The predicted octanol–water partition coefficient (Wildman–Crippen LogP) is 6.35. The van der Waals surface area contributed by atoms with Gasteiger partial charge in [0.25, 0.3) is 0 Å². The van der Waals surface area contributed by atoms with Crippen LogP contribution in [0.25, 0.3) is 0 Å². The summed E-state index contributed by atoms with van der Waals surface area (Å²) in [5.74, 6) is -1.37. The molecule has 4 heteroatoms. The molecule has 0 amide bonds. The SMILES string of the molecule is CC/C=C\C/C=C\C/C=C\C/C=C\CCCCC(=O)c1c(O)cc(O)cc1O. The van der Waals surface area contributed by atoms with Gasteiger partial charge in [-0.05, 0) is 44.9 Å². The van der Waals surface area contributed by atoms with E-state index in [0.29, 0.717) is 6.42 Å². The zero-order chi connectivity index (χ0) is 20.6. The van der Waals surface area contributed by atoms with E-state index in [1.54, 1.807) is 0 Å². The Morgan fingerprint density at radius 1 is 0.786 bits per heavy atom. The summed E-state index contributed by atoms with van der Waals surface area (Å²) in [6.07, 6.45) is 23.8. The van der Waals surface area contributed by atoms with Crippen LogP contribution < -0.4 is 0 Å². The van der Waals surface area contributed by atoms with Gasteiger partial charge in [-0.2, -0.15) is 0 Å². The Morgan fingerprint density at radius 2 is 1.29 bits per heavy atom. The number of phenolic OH excluding ortho intramolecular Hbond substituents is 3. The Balaban J connectivity index is 2.15. The van der Waals surface area contributed by atoms with Crippen molar-refractivity contribution < 1.29 is 20.1 Å². The van der Waals surface area contributed by atoms with Crippen LogP contribution in [0.3, 0.4) is 0 Å². The molecule has 0 aliphatic heterocycles. The normalized spacial score (nSPS) is 12.2. The van der Waals surface area contributed by atoms with Gasteiger partial charge in [0.1, 0.15) is 22.8 Å². The van der Waals surface area contributed by atoms with E-state index in [2.05, 4.69) is 55.5 Å². The van der Waals surface area contributed by atoms with Crippen molar-refractivity contribution in [2.75, 3.05) is 0 Å². The maximum atomic E-state index is 12.1. The molecule has 1 aromatic rings. The van der Waals surface area contributed by atoms with E-state index in [0.717, 1.165) is 50.7 Å². The van der Waals surface area contributed by atoms with Gasteiger partial charge in [0, 0.05) is 18.6 Å². The third-order valence-electron chi connectivity index (χ3n) is 4.10. The standard InChI is InChI=1S/C24H32O4/c1-2-3-4-5-6-7-8-9-10-11-12-13-14-15-16-17-21(26)24-22(27)18-20(25)19-23(24)28/h3-4,6-7,9-10,12-13,18-19,25,27-28H,2,5,8,11,14-17H2,1H3/b4-3-,7-6-,10-9-,13-12-. The molecule has 3 N–H and O–H groups in total. The molecule has 0 atom stereocenters.